The molecule has 0 saturated carbocycles. The van der Waals surface area contributed by atoms with Gasteiger partial charge in [-0.2, -0.15) is 0 Å². The molecule has 0 aliphatic carbocycles. The van der Waals surface area contributed by atoms with Crippen LogP contribution in [-0.2, 0) is 14.3 Å². The Hall–Kier alpha value is -1.93. The van der Waals surface area contributed by atoms with Gasteiger partial charge >= 0.3 is 11.7 Å². The normalized spacial score (nSPS) is 26.8. The molecular weight excluding hydrogens is 244 g/mol. The van der Waals surface area contributed by atoms with Gasteiger partial charge in [0.25, 0.3) is 0 Å². The zero-order chi connectivity index (χ0) is 13.1. The second-order valence-electron chi connectivity index (χ2n) is 3.85. The molecule has 2 heterocycles. The summed E-state index contributed by atoms with van der Waals surface area (Å²) in [5, 5.41) is 19.6. The van der Waals surface area contributed by atoms with Crippen molar-refractivity contribution in [3.63, 3.8) is 0 Å². The molecule has 0 amide bonds. The molecule has 0 aromatic rings. The van der Waals surface area contributed by atoms with Gasteiger partial charge in [-0.05, 0) is 0 Å². The highest BCUT2D eigenvalue weighted by atomic mass is 16.6. The molecule has 0 bridgehead atoms. The first-order valence-corrected chi connectivity index (χ1v) is 5.37. The summed E-state index contributed by atoms with van der Waals surface area (Å²) in [6.45, 7) is 1.91. The van der Waals surface area contributed by atoms with Crippen LogP contribution in [0.25, 0.3) is 0 Å². The van der Waals surface area contributed by atoms with E-state index in [9.17, 15) is 14.9 Å². The summed E-state index contributed by atoms with van der Waals surface area (Å²) in [6.07, 6.45) is 1.85. The Balaban J connectivity index is 2.25. The molecule has 2 aliphatic rings. The van der Waals surface area contributed by atoms with Crippen molar-refractivity contribution in [1.82, 2.24) is 4.90 Å². The van der Waals surface area contributed by atoms with Crippen molar-refractivity contribution in [2.75, 3.05) is 26.3 Å². The number of carboxylic acid groups (broad SMARTS) is 1. The van der Waals surface area contributed by atoms with Gasteiger partial charge in [-0.1, -0.05) is 0 Å². The lowest BCUT2D eigenvalue weighted by Gasteiger charge is -2.30. The minimum Gasteiger partial charge on any atom is -0.478 e. The van der Waals surface area contributed by atoms with Crippen LogP contribution in [0, 0.1) is 10.1 Å². The number of nitrogens with zero attached hydrogens (tertiary/aromatic N) is 2. The quantitative estimate of drug-likeness (QED) is 0.424. The lowest BCUT2D eigenvalue weighted by molar-refractivity contribution is -0.431. The van der Waals surface area contributed by atoms with Crippen LogP contribution >= 0.6 is 0 Å². The fraction of sp³-hybridized carbons (Fsp3) is 0.500. The van der Waals surface area contributed by atoms with Gasteiger partial charge in [0.15, 0.2) is 12.3 Å². The summed E-state index contributed by atoms with van der Waals surface area (Å²) in [4.78, 5) is 22.8. The zero-order valence-corrected chi connectivity index (χ0v) is 9.44. The van der Waals surface area contributed by atoms with Crippen molar-refractivity contribution in [2.45, 2.75) is 6.04 Å². The van der Waals surface area contributed by atoms with Gasteiger partial charge in [-0.3, -0.25) is 15.0 Å². The highest BCUT2D eigenvalue weighted by Crippen LogP contribution is 2.28. The second-order valence-corrected chi connectivity index (χ2v) is 3.85. The fourth-order valence-electron chi connectivity index (χ4n) is 1.98. The number of carbonyl (C=O) groups is 1. The van der Waals surface area contributed by atoms with Crippen molar-refractivity contribution in [1.29, 1.82) is 0 Å². The van der Waals surface area contributed by atoms with Crippen molar-refractivity contribution < 1.29 is 24.3 Å². The minimum atomic E-state index is -1.19. The summed E-state index contributed by atoms with van der Waals surface area (Å²) in [7, 11) is 0. The molecule has 0 spiro atoms. The monoisotopic (exact) mass is 256 g/mol. The average Bonchev–Trinajstić information content (AvgIpc) is 2.73. The number of hydrogen-bond donors (Lipinski definition) is 1. The maximum absolute atomic E-state index is 10.9. The van der Waals surface area contributed by atoms with E-state index in [1.165, 1.54) is 0 Å². The van der Waals surface area contributed by atoms with Crippen molar-refractivity contribution in [2.24, 2.45) is 0 Å². The standard InChI is InChI=1S/C10H12N2O6/c13-9(14)5-8-10(7(6-18-8)12(15)16)11-1-3-17-4-2-11/h5-6,10H,1-4H2,(H,13,14). The van der Waals surface area contributed by atoms with Crippen molar-refractivity contribution >= 4 is 5.97 Å². The molecule has 0 radical (unpaired) electrons. The molecule has 1 N–H and O–H groups in total. The maximum atomic E-state index is 10.9. The first kappa shape index (κ1) is 12.5. The van der Waals surface area contributed by atoms with Gasteiger partial charge in [0.1, 0.15) is 5.76 Å². The average molecular weight is 256 g/mol. The van der Waals surface area contributed by atoms with Crippen LogP contribution in [-0.4, -0.2) is 53.2 Å². The molecule has 1 atom stereocenters. The van der Waals surface area contributed by atoms with Crippen LogP contribution in [0.1, 0.15) is 0 Å². The van der Waals surface area contributed by atoms with Crippen LogP contribution in [0.15, 0.2) is 23.8 Å². The number of carboxylic acids is 1. The Morgan fingerprint density at radius 1 is 1.56 bits per heavy atom. The van der Waals surface area contributed by atoms with Gasteiger partial charge in [0.05, 0.1) is 24.2 Å². The van der Waals surface area contributed by atoms with E-state index in [1.807, 2.05) is 0 Å². The molecular formula is C10H12N2O6. The lowest BCUT2D eigenvalue weighted by Crippen LogP contribution is -2.45. The molecule has 1 fully saturated rings. The topological polar surface area (TPSA) is 102 Å². The molecule has 1 unspecified atom stereocenters. The van der Waals surface area contributed by atoms with Crippen LogP contribution in [0.2, 0.25) is 0 Å². The van der Waals surface area contributed by atoms with Crippen LogP contribution in [0.3, 0.4) is 0 Å². The third kappa shape index (κ3) is 2.49. The number of hydrogen-bond acceptors (Lipinski definition) is 6. The molecule has 18 heavy (non-hydrogen) atoms. The predicted octanol–water partition coefficient (Wildman–Crippen LogP) is -0.196. The van der Waals surface area contributed by atoms with E-state index in [0.29, 0.717) is 26.3 Å². The molecule has 1 saturated heterocycles. The van der Waals surface area contributed by atoms with E-state index in [-0.39, 0.29) is 11.5 Å². The number of ether oxygens (including phenoxy) is 2. The van der Waals surface area contributed by atoms with E-state index in [1.54, 1.807) is 4.90 Å². The van der Waals surface area contributed by atoms with Gasteiger partial charge < -0.3 is 14.6 Å². The van der Waals surface area contributed by atoms with Crippen molar-refractivity contribution in [3.8, 4) is 0 Å². The molecule has 2 aliphatic heterocycles. The summed E-state index contributed by atoms with van der Waals surface area (Å²) < 4.78 is 10.2. The highest BCUT2D eigenvalue weighted by Gasteiger charge is 2.41. The van der Waals surface area contributed by atoms with E-state index < -0.39 is 16.9 Å². The second kappa shape index (κ2) is 5.15. The van der Waals surface area contributed by atoms with Gasteiger partial charge in [0, 0.05) is 13.1 Å². The molecule has 98 valence electrons. The number of morpholine rings is 1. The summed E-state index contributed by atoms with van der Waals surface area (Å²) in [6, 6.07) is -0.750. The minimum absolute atomic E-state index is 0.0658. The number of nitro groups is 1. The Morgan fingerprint density at radius 2 is 2.22 bits per heavy atom. The lowest BCUT2D eigenvalue weighted by atomic mass is 10.1. The first-order valence-electron chi connectivity index (χ1n) is 5.37. The molecule has 8 heteroatoms. The Bertz CT molecular complexity index is 424. The summed E-state index contributed by atoms with van der Waals surface area (Å²) in [5.74, 6) is -1.13. The van der Waals surface area contributed by atoms with E-state index in [0.717, 1.165) is 12.3 Å². The van der Waals surface area contributed by atoms with E-state index in [4.69, 9.17) is 14.6 Å². The molecule has 0 aromatic heterocycles. The van der Waals surface area contributed by atoms with Crippen LogP contribution in [0.4, 0.5) is 0 Å². The Kier molecular flexibility index (Phi) is 3.58. The summed E-state index contributed by atoms with van der Waals surface area (Å²) >= 11 is 0. The largest absolute Gasteiger partial charge is 0.478 e. The third-order valence-corrected chi connectivity index (χ3v) is 2.75. The summed E-state index contributed by atoms with van der Waals surface area (Å²) in [5.41, 5.74) is -0.149. The molecule has 2 rings (SSSR count). The highest BCUT2D eigenvalue weighted by molar-refractivity contribution is 5.80. The number of rotatable bonds is 3. The first-order chi connectivity index (χ1) is 8.59. The van der Waals surface area contributed by atoms with Crippen LogP contribution < -0.4 is 0 Å². The zero-order valence-electron chi connectivity index (χ0n) is 9.44. The molecule has 0 aromatic carbocycles. The third-order valence-electron chi connectivity index (χ3n) is 2.75. The SMILES string of the molecule is O=C(O)C=C1OC=C([N+](=O)[O-])C1N1CCOCC1. The number of aliphatic carboxylic acids is 1. The molecule has 8 nitrogen and oxygen atoms in total. The van der Waals surface area contributed by atoms with Gasteiger partial charge in [-0.25, -0.2) is 4.79 Å². The van der Waals surface area contributed by atoms with E-state index in [2.05, 4.69) is 0 Å². The Morgan fingerprint density at radius 3 is 2.78 bits per heavy atom. The van der Waals surface area contributed by atoms with Crippen LogP contribution in [0.5, 0.6) is 0 Å². The van der Waals surface area contributed by atoms with E-state index >= 15 is 0 Å². The fourth-order valence-corrected chi connectivity index (χ4v) is 1.98. The van der Waals surface area contributed by atoms with Gasteiger partial charge in [0.2, 0.25) is 0 Å². The predicted molar refractivity (Wildman–Crippen MR) is 58.1 cm³/mol. The smallest absolute Gasteiger partial charge is 0.331 e. The maximum Gasteiger partial charge on any atom is 0.331 e. The van der Waals surface area contributed by atoms with Crippen molar-refractivity contribution in [3.05, 3.63) is 33.9 Å². The Labute approximate surface area is 102 Å². The van der Waals surface area contributed by atoms with Gasteiger partial charge in [-0.15, -0.1) is 0 Å².